The summed E-state index contributed by atoms with van der Waals surface area (Å²) >= 11 is 0. The minimum atomic E-state index is -4.60. The zero-order valence-corrected chi connectivity index (χ0v) is 11.1. The molecule has 1 nitrogen and oxygen atoms in total. The number of carbonyl (C=O) groups excluding carboxylic acids is 1. The van der Waals surface area contributed by atoms with Crippen molar-refractivity contribution in [3.8, 4) is 0 Å². The molecule has 0 N–H and O–H groups in total. The van der Waals surface area contributed by atoms with Crippen molar-refractivity contribution in [3.05, 3.63) is 0 Å². The minimum Gasteiger partial charge on any atom is -0.449 e. The number of unbranched alkanes of at least 4 members (excludes halogenated alkanes) is 4. The molecule has 0 aliphatic carbocycles. The van der Waals surface area contributed by atoms with E-state index in [4.69, 9.17) is 0 Å². The van der Waals surface area contributed by atoms with E-state index in [1.165, 1.54) is 0 Å². The Hall–Kier alpha value is 1.16. The molecule has 0 radical (unpaired) electrons. The van der Waals surface area contributed by atoms with E-state index in [-0.39, 0.29) is 57.8 Å². The van der Waals surface area contributed by atoms with Crippen LogP contribution >= 0.6 is 0 Å². The molecule has 0 bridgehead atoms. The summed E-state index contributed by atoms with van der Waals surface area (Å²) in [5.41, 5.74) is 0. The molecule has 0 fully saturated rings. The van der Waals surface area contributed by atoms with Crippen LogP contribution in [0.4, 0.5) is 12.9 Å². The summed E-state index contributed by atoms with van der Waals surface area (Å²) in [4.78, 5) is 9.82. The predicted octanol–water partition coefficient (Wildman–Crippen LogP) is -0.0128. The van der Waals surface area contributed by atoms with Crippen molar-refractivity contribution < 1.29 is 69.1 Å². The van der Waals surface area contributed by atoms with Gasteiger partial charge in [0.05, 0.1) is 0 Å². The van der Waals surface area contributed by atoms with Gasteiger partial charge in [-0.1, -0.05) is 25.6 Å². The number of halogens is 3. The fraction of sp³-hybridized carbons (Fsp3) is 0.857. The molecule has 0 heterocycles. The van der Waals surface area contributed by atoms with Gasteiger partial charge >= 0.3 is 58.4 Å². The van der Waals surface area contributed by atoms with Gasteiger partial charge in [-0.3, -0.25) is 0 Å². The van der Waals surface area contributed by atoms with Crippen LogP contribution < -0.4 is 51.4 Å². The molecule has 72 valence electrons. The van der Waals surface area contributed by atoms with Crippen LogP contribution in [0, 0.1) is 0 Å². The van der Waals surface area contributed by atoms with Gasteiger partial charge in [0.2, 0.25) is 0 Å². The third kappa shape index (κ3) is 15.9. The van der Waals surface area contributed by atoms with Crippen LogP contribution in [0.1, 0.15) is 32.1 Å². The summed E-state index contributed by atoms with van der Waals surface area (Å²) in [6.07, 6.45) is 2.86. The van der Waals surface area contributed by atoms with Crippen molar-refractivity contribution in [2.75, 3.05) is 0 Å². The normalized spacial score (nSPS) is 10.7. The summed E-state index contributed by atoms with van der Waals surface area (Å²) in [7, 11) is 0. The summed E-state index contributed by atoms with van der Waals surface area (Å²) < 4.78 is 34.9. The fourth-order valence-corrected chi connectivity index (χ4v) is 0.957. The van der Waals surface area contributed by atoms with E-state index in [2.05, 4.69) is 0 Å². The molecule has 0 spiro atoms. The largest absolute Gasteiger partial charge is 1.00 e. The molecular weight excluding hydrogens is 207 g/mol. The first-order valence-electron chi connectivity index (χ1n) is 4.21. The summed E-state index contributed by atoms with van der Waals surface area (Å²) in [6, 6.07) is 0. The van der Waals surface area contributed by atoms with Crippen molar-refractivity contribution in [2.45, 2.75) is 38.4 Å². The zero-order valence-electron chi connectivity index (χ0n) is 7.94. The molecule has 0 atom stereocenters. The van der Waals surface area contributed by atoms with Gasteiger partial charge in [0, 0.05) is 6.42 Å². The molecule has 0 saturated carbocycles. The number of hydrogen-bond donors (Lipinski definition) is 0. The van der Waals surface area contributed by atoms with Crippen molar-refractivity contribution in [1.29, 1.82) is 0 Å². The maximum absolute atomic E-state index is 11.6. The van der Waals surface area contributed by atoms with E-state index < -0.39 is 13.3 Å². The molecule has 0 saturated heterocycles. The van der Waals surface area contributed by atoms with Gasteiger partial charge in [-0.25, -0.2) is 0 Å². The first kappa shape index (κ1) is 16.6. The maximum atomic E-state index is 11.6. The van der Waals surface area contributed by atoms with Crippen molar-refractivity contribution >= 4 is 13.3 Å². The molecule has 0 amide bonds. The quantitative estimate of drug-likeness (QED) is 0.335. The number of aldehydes is 1. The van der Waals surface area contributed by atoms with Gasteiger partial charge in [0.1, 0.15) is 6.29 Å². The smallest absolute Gasteiger partial charge is 0.449 e. The standard InChI is InChI=1S/C7H13BF3O.K/c9-8(10,11)6-4-2-1-3-5-7-12;/h7H,1-6H2;/q-1;+1. The van der Waals surface area contributed by atoms with Gasteiger partial charge in [0.15, 0.2) is 0 Å². The summed E-state index contributed by atoms with van der Waals surface area (Å²) in [5, 5.41) is 0. The van der Waals surface area contributed by atoms with Crippen LogP contribution in [0.3, 0.4) is 0 Å². The number of carbonyl (C=O) groups is 1. The van der Waals surface area contributed by atoms with Crippen molar-refractivity contribution in [2.24, 2.45) is 0 Å². The molecule has 13 heavy (non-hydrogen) atoms. The van der Waals surface area contributed by atoms with Crippen LogP contribution in [0.2, 0.25) is 6.32 Å². The van der Waals surface area contributed by atoms with E-state index in [0.717, 1.165) is 12.7 Å². The first-order valence-corrected chi connectivity index (χ1v) is 4.21. The third-order valence-corrected chi connectivity index (χ3v) is 1.60. The monoisotopic (exact) mass is 220 g/mol. The Morgan fingerprint density at radius 1 is 1.00 bits per heavy atom. The van der Waals surface area contributed by atoms with Crippen LogP contribution in [0.5, 0.6) is 0 Å². The maximum Gasteiger partial charge on any atom is 1.00 e. The first-order chi connectivity index (χ1) is 5.56. The Morgan fingerprint density at radius 3 is 2.00 bits per heavy atom. The molecule has 0 aromatic carbocycles. The van der Waals surface area contributed by atoms with Gasteiger partial charge < -0.3 is 17.7 Å². The Bertz CT molecular complexity index is 129. The molecule has 0 aromatic rings. The number of rotatable bonds is 7. The van der Waals surface area contributed by atoms with Crippen LogP contribution in [-0.4, -0.2) is 13.3 Å². The Labute approximate surface area is 119 Å². The Kier molecular flexibility index (Phi) is 12.4. The molecule has 0 aliphatic heterocycles. The molecule has 0 unspecified atom stereocenters. The van der Waals surface area contributed by atoms with Gasteiger partial charge in [-0.15, -0.1) is 0 Å². The van der Waals surface area contributed by atoms with Crippen molar-refractivity contribution in [3.63, 3.8) is 0 Å². The molecule has 6 heteroatoms. The summed E-state index contributed by atoms with van der Waals surface area (Å²) in [5.74, 6) is 0. The average Bonchev–Trinajstić information content (AvgIpc) is 1.94. The second-order valence-electron chi connectivity index (χ2n) is 2.87. The van der Waals surface area contributed by atoms with Crippen LogP contribution in [0.15, 0.2) is 0 Å². The topological polar surface area (TPSA) is 17.1 Å². The SMILES string of the molecule is O=CCCCCCC[B-](F)(F)F.[K+]. The predicted molar refractivity (Wildman–Crippen MR) is 43.0 cm³/mol. The van der Waals surface area contributed by atoms with Gasteiger partial charge in [-0.2, -0.15) is 0 Å². The molecular formula is C7H13BF3KO. The Morgan fingerprint density at radius 2 is 1.54 bits per heavy atom. The van der Waals surface area contributed by atoms with E-state index in [1.807, 2.05) is 0 Å². The average molecular weight is 220 g/mol. The van der Waals surface area contributed by atoms with Crippen LogP contribution in [-0.2, 0) is 4.79 Å². The molecule has 0 aromatic heterocycles. The van der Waals surface area contributed by atoms with E-state index in [1.54, 1.807) is 0 Å². The van der Waals surface area contributed by atoms with E-state index in [0.29, 0.717) is 19.3 Å². The summed E-state index contributed by atoms with van der Waals surface area (Å²) in [6.45, 7) is -4.60. The molecule has 0 rings (SSSR count). The fourth-order valence-electron chi connectivity index (χ4n) is 0.957. The Balaban J connectivity index is 0. The third-order valence-electron chi connectivity index (χ3n) is 1.60. The van der Waals surface area contributed by atoms with Crippen molar-refractivity contribution in [1.82, 2.24) is 0 Å². The number of hydrogen-bond acceptors (Lipinski definition) is 1. The molecule has 0 aliphatic rings. The van der Waals surface area contributed by atoms with E-state index in [9.17, 15) is 17.7 Å². The van der Waals surface area contributed by atoms with E-state index >= 15 is 0 Å². The van der Waals surface area contributed by atoms with Gasteiger partial charge in [-0.05, 0) is 6.42 Å². The van der Waals surface area contributed by atoms with Gasteiger partial charge in [0.25, 0.3) is 0 Å². The zero-order chi connectivity index (χ0) is 9.45. The van der Waals surface area contributed by atoms with Crippen LogP contribution in [0.25, 0.3) is 0 Å². The second kappa shape index (κ2) is 9.71. The minimum absolute atomic E-state index is 0. The second-order valence-corrected chi connectivity index (χ2v) is 2.87.